The van der Waals surface area contributed by atoms with E-state index in [4.69, 9.17) is 0 Å². The van der Waals surface area contributed by atoms with Crippen molar-refractivity contribution in [3.8, 4) is 0 Å². The average molecular weight is 666 g/mol. The first-order valence-corrected chi connectivity index (χ1v) is 21.0. The van der Waals surface area contributed by atoms with Gasteiger partial charge in [0.2, 0.25) is 5.91 Å². The molecule has 0 aromatic carbocycles. The zero-order valence-electron chi connectivity index (χ0n) is 31.7. The van der Waals surface area contributed by atoms with E-state index in [1.165, 1.54) is 161 Å². The number of hydrogen-bond donors (Lipinski definition) is 4. The monoisotopic (exact) mass is 666 g/mol. The van der Waals surface area contributed by atoms with Gasteiger partial charge in [0.05, 0.1) is 18.8 Å². The number of allylic oxidation sites excluding steroid dienone is 2. The minimum atomic E-state index is -1.15. The van der Waals surface area contributed by atoms with Gasteiger partial charge in [0.15, 0.2) is 0 Å². The van der Waals surface area contributed by atoms with Gasteiger partial charge < -0.3 is 20.6 Å². The molecular weight excluding hydrogens is 582 g/mol. The highest BCUT2D eigenvalue weighted by Gasteiger charge is 2.26. The lowest BCUT2D eigenvalue weighted by molar-refractivity contribution is -0.124. The normalized spacial score (nSPS) is 13.7. The Morgan fingerprint density at radius 1 is 0.511 bits per heavy atom. The van der Waals surface area contributed by atoms with Gasteiger partial charge in [-0.2, -0.15) is 0 Å². The summed E-state index contributed by atoms with van der Waals surface area (Å²) in [7, 11) is 0. The lowest BCUT2D eigenvalue weighted by Gasteiger charge is -2.26. The van der Waals surface area contributed by atoms with E-state index in [9.17, 15) is 20.1 Å². The number of carbonyl (C=O) groups excluding carboxylic acids is 1. The number of aliphatic hydroxyl groups is 3. The van der Waals surface area contributed by atoms with Gasteiger partial charge in [-0.05, 0) is 38.5 Å². The second kappa shape index (κ2) is 37.9. The first-order chi connectivity index (χ1) is 23.1. The van der Waals surface area contributed by atoms with Crippen LogP contribution in [0.1, 0.15) is 226 Å². The fourth-order valence-corrected chi connectivity index (χ4v) is 6.57. The third-order valence-electron chi connectivity index (χ3n) is 9.87. The van der Waals surface area contributed by atoms with Crippen molar-refractivity contribution < 1.29 is 20.1 Å². The standard InChI is InChI=1S/C42H83NO4/c1-3-5-7-9-11-13-15-16-17-18-19-20-21-22-23-24-25-27-28-30-32-34-36-40(45)42(47)39(38-44)43-41(46)37-35-33-31-29-26-14-12-10-8-6-4-2/h28,30,39-40,42,44-45,47H,3-27,29,31-38H2,1-2H3,(H,43,46)/b30-28+. The maximum atomic E-state index is 12.3. The summed E-state index contributed by atoms with van der Waals surface area (Å²) in [5, 5.41) is 33.4. The summed E-state index contributed by atoms with van der Waals surface area (Å²) < 4.78 is 0. The Labute approximate surface area is 293 Å². The van der Waals surface area contributed by atoms with Crippen LogP contribution in [0.5, 0.6) is 0 Å². The molecule has 4 N–H and O–H groups in total. The minimum Gasteiger partial charge on any atom is -0.394 e. The van der Waals surface area contributed by atoms with Crippen LogP contribution in [0.2, 0.25) is 0 Å². The zero-order valence-corrected chi connectivity index (χ0v) is 31.7. The lowest BCUT2D eigenvalue weighted by Crippen LogP contribution is -2.50. The first-order valence-electron chi connectivity index (χ1n) is 21.0. The molecule has 47 heavy (non-hydrogen) atoms. The van der Waals surface area contributed by atoms with Crippen LogP contribution >= 0.6 is 0 Å². The van der Waals surface area contributed by atoms with E-state index in [1.54, 1.807) is 0 Å². The Morgan fingerprint density at radius 3 is 1.23 bits per heavy atom. The van der Waals surface area contributed by atoms with Crippen molar-refractivity contribution in [2.75, 3.05) is 6.61 Å². The van der Waals surface area contributed by atoms with Crippen LogP contribution in [0, 0.1) is 0 Å². The van der Waals surface area contributed by atoms with Gasteiger partial charge in [-0.1, -0.05) is 193 Å². The van der Waals surface area contributed by atoms with E-state index >= 15 is 0 Å². The molecule has 0 aromatic rings. The van der Waals surface area contributed by atoms with Crippen LogP contribution in [-0.2, 0) is 4.79 Å². The van der Waals surface area contributed by atoms with Crippen LogP contribution in [-0.4, -0.2) is 46.1 Å². The van der Waals surface area contributed by atoms with Gasteiger partial charge in [-0.25, -0.2) is 0 Å². The maximum absolute atomic E-state index is 12.3. The van der Waals surface area contributed by atoms with Gasteiger partial charge in [0.1, 0.15) is 6.10 Å². The Balaban J connectivity index is 3.62. The second-order valence-electron chi connectivity index (χ2n) is 14.5. The highest BCUT2D eigenvalue weighted by atomic mass is 16.3. The number of aliphatic hydroxyl groups excluding tert-OH is 3. The highest BCUT2D eigenvalue weighted by Crippen LogP contribution is 2.16. The van der Waals surface area contributed by atoms with Crippen LogP contribution < -0.4 is 5.32 Å². The fourth-order valence-electron chi connectivity index (χ4n) is 6.57. The van der Waals surface area contributed by atoms with Crippen molar-refractivity contribution in [1.82, 2.24) is 5.32 Å². The van der Waals surface area contributed by atoms with Crippen LogP contribution in [0.15, 0.2) is 12.2 Å². The number of hydrogen-bond acceptors (Lipinski definition) is 4. The molecule has 0 saturated carbocycles. The van der Waals surface area contributed by atoms with E-state index in [1.807, 2.05) is 0 Å². The van der Waals surface area contributed by atoms with Crippen LogP contribution in [0.3, 0.4) is 0 Å². The molecule has 5 nitrogen and oxygen atoms in total. The molecule has 0 aliphatic rings. The molecule has 3 atom stereocenters. The number of nitrogens with one attached hydrogen (secondary N) is 1. The fraction of sp³-hybridized carbons (Fsp3) is 0.929. The number of rotatable bonds is 38. The predicted molar refractivity (Wildman–Crippen MR) is 204 cm³/mol. The number of carbonyl (C=O) groups is 1. The summed E-state index contributed by atoms with van der Waals surface area (Å²) in [5.41, 5.74) is 0. The highest BCUT2D eigenvalue weighted by molar-refractivity contribution is 5.76. The molecule has 0 bridgehead atoms. The molecular formula is C42H83NO4. The molecule has 0 aliphatic carbocycles. The molecule has 0 aliphatic heterocycles. The number of amides is 1. The smallest absolute Gasteiger partial charge is 0.220 e. The van der Waals surface area contributed by atoms with Crippen molar-refractivity contribution in [3.05, 3.63) is 12.2 Å². The largest absolute Gasteiger partial charge is 0.394 e. The lowest BCUT2D eigenvalue weighted by atomic mass is 10.0. The summed E-state index contributed by atoms with van der Waals surface area (Å²) >= 11 is 0. The predicted octanol–water partition coefficient (Wildman–Crippen LogP) is 11.7. The van der Waals surface area contributed by atoms with Gasteiger partial charge in [-0.3, -0.25) is 4.79 Å². The Bertz CT molecular complexity index is 655. The molecule has 3 unspecified atom stereocenters. The average Bonchev–Trinajstić information content (AvgIpc) is 3.07. The minimum absolute atomic E-state index is 0.154. The SMILES string of the molecule is CCCCCCCCCCCCCCCCCCC/C=C/CCCC(O)C(O)C(CO)NC(=O)CCCCCCCCCCCCC. The summed E-state index contributed by atoms with van der Waals surface area (Å²) in [4.78, 5) is 12.3. The maximum Gasteiger partial charge on any atom is 0.220 e. The van der Waals surface area contributed by atoms with Gasteiger partial charge in [-0.15, -0.1) is 0 Å². The molecule has 0 fully saturated rings. The summed E-state index contributed by atoms with van der Waals surface area (Å²) in [6, 6.07) is -0.819. The molecule has 0 spiro atoms. The van der Waals surface area contributed by atoms with Crippen molar-refractivity contribution in [1.29, 1.82) is 0 Å². The van der Waals surface area contributed by atoms with Crippen molar-refractivity contribution >= 4 is 5.91 Å². The Kier molecular flexibility index (Phi) is 37.2. The van der Waals surface area contributed by atoms with Crippen molar-refractivity contribution in [3.63, 3.8) is 0 Å². The number of unbranched alkanes of at least 4 members (excludes halogenated alkanes) is 28. The topological polar surface area (TPSA) is 89.8 Å². The molecule has 280 valence electrons. The molecule has 0 aromatic heterocycles. The first kappa shape index (κ1) is 46.1. The third kappa shape index (κ3) is 33.4. The zero-order chi connectivity index (χ0) is 34.5. The van der Waals surface area contributed by atoms with E-state index in [0.29, 0.717) is 12.8 Å². The summed E-state index contributed by atoms with van der Waals surface area (Å²) in [6.07, 6.45) is 43.2. The van der Waals surface area contributed by atoms with Gasteiger partial charge >= 0.3 is 0 Å². The molecule has 0 rings (SSSR count). The van der Waals surface area contributed by atoms with Crippen molar-refractivity contribution in [2.24, 2.45) is 0 Å². The molecule has 0 heterocycles. The van der Waals surface area contributed by atoms with E-state index in [-0.39, 0.29) is 12.5 Å². The summed E-state index contributed by atoms with van der Waals surface area (Å²) in [5.74, 6) is -0.154. The summed E-state index contributed by atoms with van der Waals surface area (Å²) in [6.45, 7) is 4.16. The molecule has 0 radical (unpaired) electrons. The molecule has 0 saturated heterocycles. The van der Waals surface area contributed by atoms with E-state index in [2.05, 4.69) is 31.3 Å². The molecule has 1 amide bonds. The Hall–Kier alpha value is -0.910. The Morgan fingerprint density at radius 2 is 0.851 bits per heavy atom. The second-order valence-corrected chi connectivity index (χ2v) is 14.5. The molecule has 5 heteroatoms. The van der Waals surface area contributed by atoms with Gasteiger partial charge in [0, 0.05) is 6.42 Å². The van der Waals surface area contributed by atoms with Gasteiger partial charge in [0.25, 0.3) is 0 Å². The van der Waals surface area contributed by atoms with Crippen LogP contribution in [0.25, 0.3) is 0 Å². The van der Waals surface area contributed by atoms with E-state index < -0.39 is 18.2 Å². The third-order valence-corrected chi connectivity index (χ3v) is 9.87. The van der Waals surface area contributed by atoms with Crippen LogP contribution in [0.4, 0.5) is 0 Å². The quantitative estimate of drug-likeness (QED) is 0.0390. The van der Waals surface area contributed by atoms with Crippen molar-refractivity contribution in [2.45, 2.75) is 244 Å². The van der Waals surface area contributed by atoms with E-state index in [0.717, 1.165) is 38.5 Å².